The lowest BCUT2D eigenvalue weighted by Crippen LogP contribution is -2.50. The number of rotatable bonds is 10. The second kappa shape index (κ2) is 12.7. The highest BCUT2D eigenvalue weighted by atomic mass is 35.5. The van der Waals surface area contributed by atoms with E-state index >= 15 is 0 Å². The number of hydrogen-bond donors (Lipinski definition) is 7. The number of amides is 2. The van der Waals surface area contributed by atoms with Crippen molar-refractivity contribution >= 4 is 59.5 Å². The van der Waals surface area contributed by atoms with E-state index in [0.29, 0.717) is 0 Å². The van der Waals surface area contributed by atoms with Crippen molar-refractivity contribution in [3.05, 3.63) is 40.4 Å². The molecule has 0 fully saturated rings. The SMILES string of the molecule is CO/N=C(/C(=O)NC(Cc1cccc(C(=O)O)c1O)B(O)O)c1csc(NC(=O)CN)n1.Cl. The second-order valence-electron chi connectivity index (χ2n) is 6.23. The maximum atomic E-state index is 12.7. The summed E-state index contributed by atoms with van der Waals surface area (Å²) in [6.07, 6.45) is -0.314. The maximum Gasteiger partial charge on any atom is 0.475 e. The van der Waals surface area contributed by atoms with E-state index in [1.165, 1.54) is 30.7 Å². The number of aromatic nitrogens is 1. The summed E-state index contributed by atoms with van der Waals surface area (Å²) in [7, 11) is -0.879. The highest BCUT2D eigenvalue weighted by molar-refractivity contribution is 7.14. The van der Waals surface area contributed by atoms with Crippen LogP contribution in [0.3, 0.4) is 0 Å². The topological polar surface area (TPSA) is 217 Å². The lowest BCUT2D eigenvalue weighted by molar-refractivity contribution is -0.115. The van der Waals surface area contributed by atoms with Crippen LogP contribution in [-0.4, -0.2) is 75.5 Å². The molecular weight excluding hydrogens is 481 g/mol. The number of phenols is 1. The normalized spacial score (nSPS) is 11.7. The van der Waals surface area contributed by atoms with Gasteiger partial charge in [-0.05, 0) is 18.1 Å². The summed E-state index contributed by atoms with van der Waals surface area (Å²) in [4.78, 5) is 44.0. The molecule has 33 heavy (non-hydrogen) atoms. The Morgan fingerprint density at radius 2 is 2.03 bits per heavy atom. The van der Waals surface area contributed by atoms with Gasteiger partial charge in [-0.2, -0.15) is 0 Å². The summed E-state index contributed by atoms with van der Waals surface area (Å²) >= 11 is 0.996. The zero-order chi connectivity index (χ0) is 23.8. The fourth-order valence-electron chi connectivity index (χ4n) is 2.54. The molecule has 0 aliphatic rings. The average Bonchev–Trinajstić information content (AvgIpc) is 3.20. The number of carboxylic acid groups (broad SMARTS) is 1. The average molecular weight is 502 g/mol. The third kappa shape index (κ3) is 7.40. The second-order valence-corrected chi connectivity index (χ2v) is 7.09. The Morgan fingerprint density at radius 3 is 2.61 bits per heavy atom. The number of hydrogen-bond acceptors (Lipinski definition) is 11. The first-order valence-electron chi connectivity index (χ1n) is 8.96. The van der Waals surface area contributed by atoms with Gasteiger partial charge in [-0.1, -0.05) is 17.3 Å². The summed E-state index contributed by atoms with van der Waals surface area (Å²) in [5, 5.41) is 48.6. The van der Waals surface area contributed by atoms with Crippen molar-refractivity contribution in [1.82, 2.24) is 10.3 Å². The summed E-state index contributed by atoms with van der Waals surface area (Å²) in [5.41, 5.74) is 4.61. The van der Waals surface area contributed by atoms with Crippen molar-refractivity contribution in [2.75, 3.05) is 19.0 Å². The van der Waals surface area contributed by atoms with E-state index in [0.717, 1.165) is 11.3 Å². The van der Waals surface area contributed by atoms with Crippen molar-refractivity contribution in [2.45, 2.75) is 12.4 Å². The number of nitrogens with one attached hydrogen (secondary N) is 2. The number of anilines is 1. The van der Waals surface area contributed by atoms with Crippen LogP contribution in [0.2, 0.25) is 0 Å². The number of aromatic carboxylic acids is 1. The molecule has 0 radical (unpaired) electrons. The molecule has 1 aromatic heterocycles. The van der Waals surface area contributed by atoms with Crippen LogP contribution in [0.1, 0.15) is 21.6 Å². The molecular formula is C17H21BClN5O8S. The van der Waals surface area contributed by atoms with Crippen LogP contribution in [0, 0.1) is 0 Å². The Hall–Kier alpha value is -3.24. The van der Waals surface area contributed by atoms with Crippen LogP contribution < -0.4 is 16.4 Å². The van der Waals surface area contributed by atoms with E-state index in [-0.39, 0.29) is 53.0 Å². The summed E-state index contributed by atoms with van der Waals surface area (Å²) < 4.78 is 0. The van der Waals surface area contributed by atoms with Gasteiger partial charge in [0, 0.05) is 5.38 Å². The van der Waals surface area contributed by atoms with Gasteiger partial charge in [0.2, 0.25) is 5.91 Å². The minimum Gasteiger partial charge on any atom is -0.507 e. The van der Waals surface area contributed by atoms with Crippen molar-refractivity contribution in [1.29, 1.82) is 0 Å². The molecule has 0 bridgehead atoms. The first-order chi connectivity index (χ1) is 15.2. The Labute approximate surface area is 197 Å². The quantitative estimate of drug-likeness (QED) is 0.119. The Kier molecular flexibility index (Phi) is 10.7. The molecule has 16 heteroatoms. The number of para-hydroxylation sites is 1. The van der Waals surface area contributed by atoms with Crippen molar-refractivity contribution in [3.63, 3.8) is 0 Å². The summed E-state index contributed by atoms with van der Waals surface area (Å²) in [6, 6.07) is 3.92. The smallest absolute Gasteiger partial charge is 0.475 e. The highest BCUT2D eigenvalue weighted by Crippen LogP contribution is 2.24. The summed E-state index contributed by atoms with van der Waals surface area (Å²) in [6.45, 7) is -0.263. The van der Waals surface area contributed by atoms with Gasteiger partial charge in [-0.15, -0.1) is 23.7 Å². The van der Waals surface area contributed by atoms with Crippen molar-refractivity contribution < 1.29 is 39.5 Å². The van der Waals surface area contributed by atoms with Gasteiger partial charge in [0.05, 0.1) is 12.5 Å². The number of aromatic hydroxyl groups is 1. The van der Waals surface area contributed by atoms with E-state index in [1.807, 2.05) is 0 Å². The standard InChI is InChI=1S/C17H20BN5O8S.ClH/c1-31-23-13(10-7-32-17(20-10)22-12(24)6-19)15(26)21-11(18(29)30)5-8-3-2-4-9(14(8)25)16(27)28;/h2-4,7,11,25,29-30H,5-6,19H2,1H3,(H,21,26)(H,27,28)(H,20,22,24);1H/b23-13+;. The molecule has 2 aromatic rings. The molecule has 2 rings (SSSR count). The fraction of sp³-hybridized carbons (Fsp3) is 0.235. The molecule has 13 nitrogen and oxygen atoms in total. The minimum absolute atomic E-state index is 0. The third-order valence-electron chi connectivity index (χ3n) is 4.04. The molecule has 0 aliphatic heterocycles. The van der Waals surface area contributed by atoms with Gasteiger partial charge in [-0.25, -0.2) is 9.78 Å². The predicted octanol–water partition coefficient (Wildman–Crippen LogP) is -1.04. The van der Waals surface area contributed by atoms with Crippen LogP contribution in [0.5, 0.6) is 5.75 Å². The first kappa shape index (κ1) is 27.8. The molecule has 2 amide bonds. The number of carbonyl (C=O) groups is 3. The lowest BCUT2D eigenvalue weighted by Gasteiger charge is -2.19. The number of benzene rings is 1. The lowest BCUT2D eigenvalue weighted by atomic mass is 9.75. The molecule has 1 atom stereocenters. The molecule has 178 valence electrons. The zero-order valence-electron chi connectivity index (χ0n) is 17.1. The zero-order valence-corrected chi connectivity index (χ0v) is 18.7. The van der Waals surface area contributed by atoms with E-state index in [1.54, 1.807) is 0 Å². The molecule has 1 aromatic carbocycles. The van der Waals surface area contributed by atoms with Gasteiger partial charge in [0.25, 0.3) is 5.91 Å². The number of halogens is 1. The minimum atomic E-state index is -2.06. The number of carbonyl (C=O) groups excluding carboxylic acids is 2. The van der Waals surface area contributed by atoms with Gasteiger partial charge in [0.1, 0.15) is 24.1 Å². The third-order valence-corrected chi connectivity index (χ3v) is 4.80. The monoisotopic (exact) mass is 501 g/mol. The van der Waals surface area contributed by atoms with Gasteiger partial charge in [-0.3, -0.25) is 9.59 Å². The predicted molar refractivity (Wildman–Crippen MR) is 121 cm³/mol. The molecule has 1 heterocycles. The first-order valence-corrected chi connectivity index (χ1v) is 9.84. The van der Waals surface area contributed by atoms with E-state index in [9.17, 15) is 29.5 Å². The van der Waals surface area contributed by atoms with Crippen LogP contribution in [0.15, 0.2) is 28.7 Å². The summed E-state index contributed by atoms with van der Waals surface area (Å²) in [5.74, 6) is -4.68. The Bertz CT molecular complexity index is 1030. The number of thiazole rings is 1. The molecule has 0 saturated heterocycles. The fourth-order valence-corrected chi connectivity index (χ4v) is 3.25. The number of nitrogens with two attached hydrogens (primary N) is 1. The van der Waals surface area contributed by atoms with Crippen LogP contribution in [-0.2, 0) is 20.8 Å². The number of carboxylic acids is 1. The van der Waals surface area contributed by atoms with Crippen LogP contribution >= 0.6 is 23.7 Å². The van der Waals surface area contributed by atoms with Crippen LogP contribution in [0.25, 0.3) is 0 Å². The van der Waals surface area contributed by atoms with Gasteiger partial charge in [0.15, 0.2) is 10.8 Å². The molecule has 0 saturated carbocycles. The van der Waals surface area contributed by atoms with Gasteiger partial charge < -0.3 is 41.5 Å². The Balaban J connectivity index is 0.00000544. The maximum absolute atomic E-state index is 12.7. The molecule has 8 N–H and O–H groups in total. The molecule has 0 aliphatic carbocycles. The van der Waals surface area contributed by atoms with E-state index < -0.39 is 36.6 Å². The number of oxime groups is 1. The van der Waals surface area contributed by atoms with E-state index in [2.05, 4.69) is 25.6 Å². The largest absolute Gasteiger partial charge is 0.507 e. The number of nitrogens with zero attached hydrogens (tertiary/aromatic N) is 2. The van der Waals surface area contributed by atoms with E-state index in [4.69, 9.17) is 10.8 Å². The van der Waals surface area contributed by atoms with Crippen molar-refractivity contribution in [2.24, 2.45) is 10.9 Å². The molecule has 1 unspecified atom stereocenters. The van der Waals surface area contributed by atoms with Crippen molar-refractivity contribution in [3.8, 4) is 5.75 Å². The van der Waals surface area contributed by atoms with Gasteiger partial charge >= 0.3 is 13.1 Å². The Morgan fingerprint density at radius 1 is 1.33 bits per heavy atom. The van der Waals surface area contributed by atoms with Crippen LogP contribution in [0.4, 0.5) is 5.13 Å². The molecule has 0 spiro atoms. The highest BCUT2D eigenvalue weighted by Gasteiger charge is 2.30.